The predicted octanol–water partition coefficient (Wildman–Crippen LogP) is 5.78. The number of anilines is 1. The largest absolute Gasteiger partial charge is 0.465 e. The number of ether oxygens (including phenoxy) is 1. The Labute approximate surface area is 182 Å². The van der Waals surface area contributed by atoms with E-state index in [4.69, 9.17) is 0 Å². The highest BCUT2D eigenvalue weighted by Gasteiger charge is 2.32. The number of methoxy groups -OCH3 is 1. The minimum atomic E-state index is -4.65. The Hall–Kier alpha value is -2.37. The Balaban J connectivity index is 2.12. The number of benzene rings is 2. The van der Waals surface area contributed by atoms with Crippen LogP contribution in [0.5, 0.6) is 0 Å². The fraction of sp³-hybridized carbons (Fsp3) is 0.105. The van der Waals surface area contributed by atoms with E-state index < -0.39 is 27.7 Å². The molecule has 3 rings (SSSR count). The molecule has 1 aromatic heterocycles. The van der Waals surface area contributed by atoms with Crippen molar-refractivity contribution in [3.63, 3.8) is 0 Å². The van der Waals surface area contributed by atoms with Crippen molar-refractivity contribution >= 4 is 48.9 Å². The van der Waals surface area contributed by atoms with Gasteiger partial charge in [-0.3, -0.25) is 4.72 Å². The zero-order chi connectivity index (χ0) is 22.1. The summed E-state index contributed by atoms with van der Waals surface area (Å²) < 4.78 is 72.6. The molecule has 0 spiro atoms. The number of hydrogen-bond acceptors (Lipinski definition) is 5. The molecular formula is C19H13BrF3NO4S2. The summed E-state index contributed by atoms with van der Waals surface area (Å²) >= 11 is 4.36. The molecule has 11 heteroatoms. The maximum atomic E-state index is 13.2. The molecule has 158 valence electrons. The number of carbonyl (C=O) groups excluding carboxylic acids is 1. The fourth-order valence-corrected chi connectivity index (χ4v) is 5.43. The van der Waals surface area contributed by atoms with Crippen LogP contribution < -0.4 is 4.72 Å². The first-order chi connectivity index (χ1) is 14.0. The number of rotatable bonds is 5. The van der Waals surface area contributed by atoms with Crippen LogP contribution in [0.3, 0.4) is 0 Å². The molecule has 0 fully saturated rings. The van der Waals surface area contributed by atoms with Crippen molar-refractivity contribution < 1.29 is 31.1 Å². The summed E-state index contributed by atoms with van der Waals surface area (Å²) in [6.07, 6.45) is -4.65. The van der Waals surface area contributed by atoms with E-state index in [1.54, 1.807) is 17.5 Å². The molecule has 0 radical (unpaired) electrons. The number of thiophene rings is 1. The molecule has 0 saturated carbocycles. The number of alkyl halides is 3. The first-order valence-corrected chi connectivity index (χ1v) is 11.3. The van der Waals surface area contributed by atoms with Gasteiger partial charge in [-0.25, -0.2) is 13.2 Å². The Morgan fingerprint density at radius 1 is 1.13 bits per heavy atom. The van der Waals surface area contributed by atoms with Crippen LogP contribution in [0, 0.1) is 0 Å². The van der Waals surface area contributed by atoms with Gasteiger partial charge in [0.1, 0.15) is 4.90 Å². The molecular weight excluding hydrogens is 507 g/mol. The normalized spacial score (nSPS) is 11.9. The molecule has 0 bridgehead atoms. The van der Waals surface area contributed by atoms with Gasteiger partial charge in [-0.15, -0.1) is 11.3 Å². The van der Waals surface area contributed by atoms with E-state index in [0.717, 1.165) is 25.3 Å². The second-order valence-corrected chi connectivity index (χ2v) is 9.43. The molecule has 30 heavy (non-hydrogen) atoms. The van der Waals surface area contributed by atoms with Crippen molar-refractivity contribution in [1.82, 2.24) is 0 Å². The summed E-state index contributed by atoms with van der Waals surface area (Å²) in [6.45, 7) is 0. The maximum Gasteiger partial charge on any atom is 0.416 e. The monoisotopic (exact) mass is 519 g/mol. The van der Waals surface area contributed by atoms with Crippen molar-refractivity contribution in [2.75, 3.05) is 11.8 Å². The lowest BCUT2D eigenvalue weighted by molar-refractivity contribution is -0.137. The molecule has 0 aliphatic rings. The van der Waals surface area contributed by atoms with Crippen LogP contribution in [-0.2, 0) is 20.9 Å². The highest BCUT2D eigenvalue weighted by Crippen LogP contribution is 2.38. The van der Waals surface area contributed by atoms with Gasteiger partial charge >= 0.3 is 12.1 Å². The molecule has 0 saturated heterocycles. The van der Waals surface area contributed by atoms with E-state index >= 15 is 0 Å². The maximum absolute atomic E-state index is 13.2. The topological polar surface area (TPSA) is 72.5 Å². The predicted molar refractivity (Wildman–Crippen MR) is 111 cm³/mol. The average molecular weight is 520 g/mol. The molecule has 2 aromatic carbocycles. The fourth-order valence-electron chi connectivity index (χ4n) is 2.61. The second-order valence-electron chi connectivity index (χ2n) is 5.98. The molecule has 0 unspecified atom stereocenters. The standard InChI is InChI=1S/C19H13BrF3NO4S2/c1-28-18(25)11-4-7-14(20)17(9-11)30(26,27)24-15-10-12(19(21,22)23)5-6-13(15)16-3-2-8-29-16/h2-10,24H,1H3. The van der Waals surface area contributed by atoms with Crippen molar-refractivity contribution in [3.05, 3.63) is 69.5 Å². The van der Waals surface area contributed by atoms with Gasteiger partial charge < -0.3 is 4.74 Å². The Morgan fingerprint density at radius 2 is 1.87 bits per heavy atom. The number of hydrogen-bond donors (Lipinski definition) is 1. The zero-order valence-corrected chi connectivity index (χ0v) is 18.4. The van der Waals surface area contributed by atoms with Crippen LogP contribution in [0.4, 0.5) is 18.9 Å². The SMILES string of the molecule is COC(=O)c1ccc(Br)c(S(=O)(=O)Nc2cc(C(F)(F)F)ccc2-c2cccs2)c1. The van der Waals surface area contributed by atoms with E-state index in [2.05, 4.69) is 25.4 Å². The van der Waals surface area contributed by atoms with Crippen molar-refractivity contribution in [2.45, 2.75) is 11.1 Å². The van der Waals surface area contributed by atoms with Crippen molar-refractivity contribution in [2.24, 2.45) is 0 Å². The van der Waals surface area contributed by atoms with Crippen LogP contribution in [0.25, 0.3) is 10.4 Å². The van der Waals surface area contributed by atoms with Gasteiger partial charge in [-0.1, -0.05) is 12.1 Å². The summed E-state index contributed by atoms with van der Waals surface area (Å²) in [6, 6.07) is 9.99. The van der Waals surface area contributed by atoms with E-state index in [0.29, 0.717) is 10.4 Å². The molecule has 1 N–H and O–H groups in total. The first kappa shape index (κ1) is 22.3. The summed E-state index contributed by atoms with van der Waals surface area (Å²) in [5, 5.41) is 1.72. The third-order valence-corrected chi connectivity index (χ3v) is 7.28. The number of halogens is 4. The molecule has 3 aromatic rings. The number of nitrogens with one attached hydrogen (secondary N) is 1. The Bertz CT molecular complexity index is 1190. The van der Waals surface area contributed by atoms with E-state index in [1.165, 1.54) is 29.5 Å². The van der Waals surface area contributed by atoms with Crippen molar-refractivity contribution in [3.8, 4) is 10.4 Å². The lowest BCUT2D eigenvalue weighted by atomic mass is 10.1. The van der Waals surface area contributed by atoms with Gasteiger partial charge in [-0.05, 0) is 57.7 Å². The second kappa shape index (κ2) is 8.40. The van der Waals surface area contributed by atoms with E-state index in [-0.39, 0.29) is 20.6 Å². The Kier molecular flexibility index (Phi) is 6.25. The van der Waals surface area contributed by atoms with Gasteiger partial charge in [0, 0.05) is 14.9 Å². The molecule has 0 aliphatic heterocycles. The van der Waals surface area contributed by atoms with Gasteiger partial charge in [0.2, 0.25) is 0 Å². The lowest BCUT2D eigenvalue weighted by Gasteiger charge is -2.16. The minimum Gasteiger partial charge on any atom is -0.465 e. The van der Waals surface area contributed by atoms with Gasteiger partial charge in [0.05, 0.1) is 23.9 Å². The summed E-state index contributed by atoms with van der Waals surface area (Å²) in [7, 11) is -3.21. The number of sulfonamides is 1. The van der Waals surface area contributed by atoms with Crippen LogP contribution >= 0.6 is 27.3 Å². The van der Waals surface area contributed by atoms with Gasteiger partial charge in [-0.2, -0.15) is 13.2 Å². The molecule has 0 atom stereocenters. The van der Waals surface area contributed by atoms with Crippen LogP contribution in [0.2, 0.25) is 0 Å². The molecule has 5 nitrogen and oxygen atoms in total. The Morgan fingerprint density at radius 3 is 2.47 bits per heavy atom. The quantitative estimate of drug-likeness (QED) is 0.433. The van der Waals surface area contributed by atoms with Gasteiger partial charge in [0.25, 0.3) is 10.0 Å². The van der Waals surface area contributed by atoms with E-state index in [1.807, 2.05) is 0 Å². The summed E-state index contributed by atoms with van der Waals surface area (Å²) in [4.78, 5) is 12.0. The summed E-state index contributed by atoms with van der Waals surface area (Å²) in [5.74, 6) is -0.753. The smallest absolute Gasteiger partial charge is 0.416 e. The third-order valence-electron chi connectivity index (χ3n) is 4.02. The highest BCUT2D eigenvalue weighted by molar-refractivity contribution is 9.10. The van der Waals surface area contributed by atoms with Gasteiger partial charge in [0.15, 0.2) is 0 Å². The molecule has 0 amide bonds. The van der Waals surface area contributed by atoms with E-state index in [9.17, 15) is 26.4 Å². The highest BCUT2D eigenvalue weighted by atomic mass is 79.9. The molecule has 0 aliphatic carbocycles. The number of esters is 1. The third kappa shape index (κ3) is 4.68. The zero-order valence-electron chi connectivity index (χ0n) is 15.2. The number of carbonyl (C=O) groups is 1. The van der Waals surface area contributed by atoms with Crippen LogP contribution in [0.15, 0.2) is 63.3 Å². The van der Waals surface area contributed by atoms with Crippen LogP contribution in [-0.4, -0.2) is 21.5 Å². The van der Waals surface area contributed by atoms with Crippen LogP contribution in [0.1, 0.15) is 15.9 Å². The average Bonchev–Trinajstić information content (AvgIpc) is 3.21. The first-order valence-electron chi connectivity index (χ1n) is 8.19. The van der Waals surface area contributed by atoms with Crippen molar-refractivity contribution in [1.29, 1.82) is 0 Å². The minimum absolute atomic E-state index is 0.0244. The summed E-state index contributed by atoms with van der Waals surface area (Å²) in [5.41, 5.74) is -0.962. The molecule has 1 heterocycles. The lowest BCUT2D eigenvalue weighted by Crippen LogP contribution is -2.16.